The van der Waals surface area contributed by atoms with E-state index >= 15 is 0 Å². The van der Waals surface area contributed by atoms with Gasteiger partial charge < -0.3 is 19.9 Å². The molecule has 0 saturated heterocycles. The summed E-state index contributed by atoms with van der Waals surface area (Å²) in [6, 6.07) is 7.54. The second kappa shape index (κ2) is 8.17. The first-order chi connectivity index (χ1) is 10.7. The largest absolute Gasteiger partial charge is 0.480 e. The molecule has 0 fully saturated rings. The molecule has 0 aromatic heterocycles. The van der Waals surface area contributed by atoms with E-state index in [4.69, 9.17) is 14.6 Å². The van der Waals surface area contributed by atoms with Crippen molar-refractivity contribution in [3.63, 3.8) is 0 Å². The third-order valence-corrected chi connectivity index (χ3v) is 2.59. The average molecular weight is 323 g/mol. The topological polar surface area (TPSA) is 102 Å². The van der Waals surface area contributed by atoms with Crippen molar-refractivity contribution in [2.75, 3.05) is 6.61 Å². The highest BCUT2D eigenvalue weighted by molar-refractivity contribution is 5.80. The molecule has 0 saturated carbocycles. The van der Waals surface area contributed by atoms with Crippen LogP contribution in [0.1, 0.15) is 26.3 Å². The van der Waals surface area contributed by atoms with Gasteiger partial charge in [-0.15, -0.1) is 0 Å². The fraction of sp³-hybridized carbons (Fsp3) is 0.438. The van der Waals surface area contributed by atoms with Gasteiger partial charge in [-0.3, -0.25) is 4.79 Å². The quantitative estimate of drug-likeness (QED) is 0.773. The van der Waals surface area contributed by atoms with Crippen LogP contribution in [-0.4, -0.2) is 41.4 Å². The molecule has 23 heavy (non-hydrogen) atoms. The summed E-state index contributed by atoms with van der Waals surface area (Å²) in [6.45, 7) is 4.49. The minimum atomic E-state index is -1.37. The third-order valence-electron chi connectivity index (χ3n) is 2.59. The molecule has 1 atom stereocenters. The molecule has 126 valence electrons. The molecule has 0 aliphatic rings. The number of esters is 1. The highest BCUT2D eigenvalue weighted by Gasteiger charge is 2.25. The lowest BCUT2D eigenvalue weighted by Gasteiger charge is -2.21. The lowest BCUT2D eigenvalue weighted by atomic mass is 10.2. The van der Waals surface area contributed by atoms with Gasteiger partial charge in [0.05, 0.1) is 6.42 Å². The zero-order chi connectivity index (χ0) is 17.5. The summed E-state index contributed by atoms with van der Waals surface area (Å²) in [4.78, 5) is 34.4. The highest BCUT2D eigenvalue weighted by Crippen LogP contribution is 2.07. The van der Waals surface area contributed by atoms with Crippen LogP contribution in [0.3, 0.4) is 0 Å². The summed E-state index contributed by atoms with van der Waals surface area (Å²) in [5.74, 6) is -1.89. The minimum absolute atomic E-state index is 0.0274. The minimum Gasteiger partial charge on any atom is -0.480 e. The second-order valence-corrected chi connectivity index (χ2v) is 5.88. The van der Waals surface area contributed by atoms with Crippen LogP contribution in [0, 0.1) is 0 Å². The molecule has 0 radical (unpaired) electrons. The van der Waals surface area contributed by atoms with Crippen molar-refractivity contribution in [3.05, 3.63) is 35.9 Å². The number of aliphatic carboxylic acids is 1. The summed E-state index contributed by atoms with van der Waals surface area (Å²) in [7, 11) is 0. The van der Waals surface area contributed by atoms with Gasteiger partial charge >= 0.3 is 18.0 Å². The normalized spacial score (nSPS) is 12.1. The molecule has 0 spiro atoms. The van der Waals surface area contributed by atoms with Crippen LogP contribution >= 0.6 is 0 Å². The molecule has 1 aromatic rings. The summed E-state index contributed by atoms with van der Waals surface area (Å²) in [5, 5.41) is 11.2. The monoisotopic (exact) mass is 323 g/mol. The van der Waals surface area contributed by atoms with E-state index in [1.165, 1.54) is 0 Å². The molecule has 2 N–H and O–H groups in total. The third kappa shape index (κ3) is 7.85. The first kappa shape index (κ1) is 18.5. The van der Waals surface area contributed by atoms with Crippen LogP contribution in [0.5, 0.6) is 0 Å². The Kier molecular flexibility index (Phi) is 6.56. The van der Waals surface area contributed by atoms with Gasteiger partial charge in [0.15, 0.2) is 6.04 Å². The number of amides is 1. The van der Waals surface area contributed by atoms with Gasteiger partial charge in [-0.05, 0) is 26.3 Å². The van der Waals surface area contributed by atoms with E-state index in [1.807, 2.05) is 6.07 Å². The molecule has 0 unspecified atom stereocenters. The lowest BCUT2D eigenvalue weighted by Crippen LogP contribution is -2.46. The smallest absolute Gasteiger partial charge is 0.408 e. The van der Waals surface area contributed by atoms with Crippen LogP contribution in [0.4, 0.5) is 4.79 Å². The molecule has 1 rings (SSSR count). The maximum atomic E-state index is 11.7. The molecule has 0 heterocycles. The Morgan fingerprint density at radius 1 is 1.17 bits per heavy atom. The van der Waals surface area contributed by atoms with Gasteiger partial charge in [-0.25, -0.2) is 9.59 Å². The maximum absolute atomic E-state index is 11.7. The number of benzene rings is 1. The lowest BCUT2D eigenvalue weighted by molar-refractivity contribution is -0.148. The van der Waals surface area contributed by atoms with Crippen molar-refractivity contribution in [1.29, 1.82) is 0 Å². The van der Waals surface area contributed by atoms with Crippen LogP contribution in [-0.2, 0) is 25.5 Å². The van der Waals surface area contributed by atoms with E-state index in [2.05, 4.69) is 5.32 Å². The van der Waals surface area contributed by atoms with Crippen molar-refractivity contribution >= 4 is 18.0 Å². The van der Waals surface area contributed by atoms with E-state index in [9.17, 15) is 14.4 Å². The Bertz CT molecular complexity index is 549. The van der Waals surface area contributed by atoms with E-state index in [0.717, 1.165) is 5.56 Å². The molecule has 1 amide bonds. The van der Waals surface area contributed by atoms with Crippen molar-refractivity contribution in [1.82, 2.24) is 5.32 Å². The number of hydrogen-bond donors (Lipinski definition) is 2. The van der Waals surface area contributed by atoms with Crippen molar-refractivity contribution < 1.29 is 29.0 Å². The number of carboxylic acid groups (broad SMARTS) is 1. The van der Waals surface area contributed by atoms with Gasteiger partial charge in [0.2, 0.25) is 0 Å². The number of hydrogen-bond acceptors (Lipinski definition) is 5. The van der Waals surface area contributed by atoms with Gasteiger partial charge in [0.1, 0.15) is 12.2 Å². The Hall–Kier alpha value is -2.57. The molecular formula is C16H21NO6. The predicted molar refractivity (Wildman–Crippen MR) is 81.9 cm³/mol. The molecule has 7 nitrogen and oxygen atoms in total. The summed E-state index contributed by atoms with van der Waals surface area (Å²) >= 11 is 0. The van der Waals surface area contributed by atoms with Gasteiger partial charge in [0.25, 0.3) is 0 Å². The Labute approximate surface area is 134 Å². The molecule has 0 aliphatic carbocycles. The van der Waals surface area contributed by atoms with Crippen molar-refractivity contribution in [2.45, 2.75) is 38.8 Å². The number of alkyl carbamates (subject to hydrolysis) is 1. The number of carbonyl (C=O) groups excluding carboxylic acids is 2. The Balaban J connectivity index is 2.48. The summed E-state index contributed by atoms with van der Waals surface area (Å²) < 4.78 is 9.88. The average Bonchev–Trinajstić information content (AvgIpc) is 2.42. The second-order valence-electron chi connectivity index (χ2n) is 5.88. The first-order valence-electron chi connectivity index (χ1n) is 7.09. The molecular weight excluding hydrogens is 302 g/mol. The Morgan fingerprint density at radius 3 is 2.30 bits per heavy atom. The standard InChI is InChI=1S/C16H21NO6/c1-16(2,3)23-15(21)17-12(14(19)20)10-22-13(18)9-11-7-5-4-6-8-11/h4-8,12H,9-10H2,1-3H3,(H,17,21)(H,19,20)/t12-/m0/s1. The van der Waals surface area contributed by atoms with Crippen LogP contribution in [0.25, 0.3) is 0 Å². The van der Waals surface area contributed by atoms with Gasteiger partial charge in [0, 0.05) is 0 Å². The van der Waals surface area contributed by atoms with Gasteiger partial charge in [-0.1, -0.05) is 30.3 Å². The van der Waals surface area contributed by atoms with E-state index < -0.39 is 36.3 Å². The van der Waals surface area contributed by atoms with Crippen LogP contribution < -0.4 is 5.32 Å². The SMILES string of the molecule is CC(C)(C)OC(=O)N[C@@H](COC(=O)Cc1ccccc1)C(=O)O. The number of rotatable bonds is 6. The van der Waals surface area contributed by atoms with E-state index in [1.54, 1.807) is 45.0 Å². The first-order valence-corrected chi connectivity index (χ1v) is 7.09. The number of nitrogens with one attached hydrogen (secondary N) is 1. The fourth-order valence-electron chi connectivity index (χ4n) is 1.61. The summed E-state index contributed by atoms with van der Waals surface area (Å²) in [5.41, 5.74) is 0.00129. The Morgan fingerprint density at radius 2 is 1.78 bits per heavy atom. The summed E-state index contributed by atoms with van der Waals surface area (Å²) in [6.07, 6.45) is -0.858. The van der Waals surface area contributed by atoms with Crippen molar-refractivity contribution in [3.8, 4) is 0 Å². The van der Waals surface area contributed by atoms with Gasteiger partial charge in [-0.2, -0.15) is 0 Å². The number of ether oxygens (including phenoxy) is 2. The van der Waals surface area contributed by atoms with Crippen LogP contribution in [0.15, 0.2) is 30.3 Å². The van der Waals surface area contributed by atoms with Crippen LogP contribution in [0.2, 0.25) is 0 Å². The maximum Gasteiger partial charge on any atom is 0.408 e. The zero-order valence-electron chi connectivity index (χ0n) is 13.4. The predicted octanol–water partition coefficient (Wildman–Crippen LogP) is 1.75. The molecule has 7 heteroatoms. The fourth-order valence-corrected chi connectivity index (χ4v) is 1.61. The zero-order valence-corrected chi connectivity index (χ0v) is 13.4. The van der Waals surface area contributed by atoms with E-state index in [-0.39, 0.29) is 6.42 Å². The molecule has 1 aromatic carbocycles. The molecule has 0 aliphatic heterocycles. The van der Waals surface area contributed by atoms with E-state index in [0.29, 0.717) is 0 Å². The van der Waals surface area contributed by atoms with Crippen molar-refractivity contribution in [2.24, 2.45) is 0 Å². The molecule has 0 bridgehead atoms. The number of carboxylic acids is 1. The number of carbonyl (C=O) groups is 3. The highest BCUT2D eigenvalue weighted by atomic mass is 16.6.